The molecule has 0 aromatic heterocycles. The van der Waals surface area contributed by atoms with Crippen LogP contribution < -0.4 is 5.90 Å². The average Bonchev–Trinajstić information content (AvgIpc) is 2.15. The van der Waals surface area contributed by atoms with E-state index in [1.54, 1.807) is 0 Å². The summed E-state index contributed by atoms with van der Waals surface area (Å²) in [7, 11) is 0. The molecule has 0 aliphatic rings. The molecular weight excluding hydrogens is 206 g/mol. The maximum Gasteiger partial charge on any atom is 0.335 e. The van der Waals surface area contributed by atoms with Crippen molar-refractivity contribution in [2.24, 2.45) is 5.90 Å². The number of nitrogens with two attached hydrogens (primary N) is 1. The van der Waals surface area contributed by atoms with E-state index in [1.165, 1.54) is 0 Å². The van der Waals surface area contributed by atoms with E-state index in [0.29, 0.717) is 0 Å². The minimum absolute atomic E-state index is 0. The summed E-state index contributed by atoms with van der Waals surface area (Å²) < 4.78 is 0. The van der Waals surface area contributed by atoms with Crippen molar-refractivity contribution < 1.29 is 14.7 Å². The predicted molar refractivity (Wildman–Crippen MR) is 54.1 cm³/mol. The lowest BCUT2D eigenvalue weighted by Crippen LogP contribution is -2.29. The number of rotatable bonds is 4. The molecule has 1 atom stereocenters. The lowest BCUT2D eigenvalue weighted by atomic mass is 10.1. The molecule has 0 aliphatic heterocycles. The molecule has 3 N–H and O–H groups in total. The third-order valence-electron chi connectivity index (χ3n) is 1.70. The largest absolute Gasteiger partial charge is 0.479 e. The summed E-state index contributed by atoms with van der Waals surface area (Å²) in [6.07, 6.45) is -0.686. The van der Waals surface area contributed by atoms with Crippen molar-refractivity contribution in [2.75, 3.05) is 0 Å². The molecule has 5 heteroatoms. The van der Waals surface area contributed by atoms with Gasteiger partial charge in [-0.05, 0) is 5.56 Å². The van der Waals surface area contributed by atoms with Gasteiger partial charge >= 0.3 is 5.97 Å². The quantitative estimate of drug-likeness (QED) is 0.738. The van der Waals surface area contributed by atoms with Gasteiger partial charge in [-0.15, -0.1) is 12.4 Å². The Hall–Kier alpha value is -1.10. The number of hydrogen-bond acceptors (Lipinski definition) is 3. The smallest absolute Gasteiger partial charge is 0.335 e. The summed E-state index contributed by atoms with van der Waals surface area (Å²) in [5.74, 6) is 3.79. The Bertz CT molecular complexity index is 279. The molecule has 0 heterocycles. The molecular formula is C9H12ClNO3. The third kappa shape index (κ3) is 3.74. The first-order chi connectivity index (χ1) is 6.24. The third-order valence-corrected chi connectivity index (χ3v) is 1.70. The van der Waals surface area contributed by atoms with Crippen molar-refractivity contribution in [3.63, 3.8) is 0 Å². The molecule has 1 rings (SSSR count). The van der Waals surface area contributed by atoms with E-state index in [1.807, 2.05) is 30.3 Å². The zero-order chi connectivity index (χ0) is 9.68. The minimum atomic E-state index is -1.05. The summed E-state index contributed by atoms with van der Waals surface area (Å²) >= 11 is 0. The first-order valence-corrected chi connectivity index (χ1v) is 3.86. The molecule has 0 saturated heterocycles. The van der Waals surface area contributed by atoms with E-state index in [4.69, 9.17) is 11.0 Å². The van der Waals surface area contributed by atoms with Gasteiger partial charge < -0.3 is 5.11 Å². The average molecular weight is 218 g/mol. The Morgan fingerprint density at radius 2 is 2.00 bits per heavy atom. The molecule has 1 unspecified atom stereocenters. The lowest BCUT2D eigenvalue weighted by Gasteiger charge is -2.08. The molecule has 0 amide bonds. The van der Waals surface area contributed by atoms with Gasteiger partial charge in [-0.3, -0.25) is 4.84 Å². The van der Waals surface area contributed by atoms with Crippen molar-refractivity contribution in [1.82, 2.24) is 0 Å². The minimum Gasteiger partial charge on any atom is -0.479 e. The highest BCUT2D eigenvalue weighted by atomic mass is 35.5. The van der Waals surface area contributed by atoms with Crippen molar-refractivity contribution in [2.45, 2.75) is 12.5 Å². The Kier molecular flexibility index (Phi) is 5.87. The molecule has 0 fully saturated rings. The summed E-state index contributed by atoms with van der Waals surface area (Å²) in [5.41, 5.74) is 0.889. The van der Waals surface area contributed by atoms with Crippen LogP contribution in [0.2, 0.25) is 0 Å². The van der Waals surface area contributed by atoms with Crippen LogP contribution in [0, 0.1) is 0 Å². The first-order valence-electron chi connectivity index (χ1n) is 3.86. The van der Waals surface area contributed by atoms with E-state index in [2.05, 4.69) is 4.84 Å². The van der Waals surface area contributed by atoms with Crippen LogP contribution in [0.4, 0.5) is 0 Å². The Balaban J connectivity index is 0.00000169. The second-order valence-corrected chi connectivity index (χ2v) is 2.65. The number of carboxylic acids is 1. The fourth-order valence-corrected chi connectivity index (χ4v) is 1.02. The summed E-state index contributed by atoms with van der Waals surface area (Å²) in [5, 5.41) is 8.63. The zero-order valence-electron chi connectivity index (χ0n) is 7.42. The number of benzene rings is 1. The van der Waals surface area contributed by atoms with Gasteiger partial charge in [0.25, 0.3) is 0 Å². The second kappa shape index (κ2) is 6.37. The van der Waals surface area contributed by atoms with Crippen LogP contribution in [0.15, 0.2) is 30.3 Å². The number of halogens is 1. The van der Waals surface area contributed by atoms with Crippen LogP contribution in [0.5, 0.6) is 0 Å². The predicted octanol–water partition coefficient (Wildman–Crippen LogP) is 0.994. The fraction of sp³-hybridized carbons (Fsp3) is 0.222. The maximum atomic E-state index is 10.5. The Morgan fingerprint density at radius 3 is 2.43 bits per heavy atom. The van der Waals surface area contributed by atoms with E-state index in [9.17, 15) is 4.79 Å². The summed E-state index contributed by atoms with van der Waals surface area (Å²) in [6, 6.07) is 9.20. The number of hydrogen-bond donors (Lipinski definition) is 2. The molecule has 0 bridgehead atoms. The van der Waals surface area contributed by atoms with Crippen LogP contribution in [0.3, 0.4) is 0 Å². The van der Waals surface area contributed by atoms with Gasteiger partial charge in [-0.2, -0.15) is 0 Å². The molecule has 0 radical (unpaired) electrons. The zero-order valence-corrected chi connectivity index (χ0v) is 8.24. The van der Waals surface area contributed by atoms with Gasteiger partial charge in [0.1, 0.15) is 0 Å². The van der Waals surface area contributed by atoms with Crippen molar-refractivity contribution in [3.8, 4) is 0 Å². The monoisotopic (exact) mass is 217 g/mol. The van der Waals surface area contributed by atoms with Gasteiger partial charge in [0.05, 0.1) is 0 Å². The summed E-state index contributed by atoms with van der Waals surface area (Å²) in [6.45, 7) is 0. The molecule has 0 spiro atoms. The lowest BCUT2D eigenvalue weighted by molar-refractivity contribution is -0.150. The number of aliphatic carboxylic acids is 1. The number of carbonyl (C=O) groups is 1. The molecule has 1 aromatic carbocycles. The van der Waals surface area contributed by atoms with Crippen LogP contribution in [0.1, 0.15) is 5.56 Å². The Labute approximate surface area is 88.0 Å². The standard InChI is InChI=1S/C9H11NO3.ClH/c10-13-8(9(11)12)6-7-4-2-1-3-5-7;/h1-5,8H,6,10H2,(H,11,12);1H. The summed E-state index contributed by atoms with van der Waals surface area (Å²) in [4.78, 5) is 14.8. The van der Waals surface area contributed by atoms with Gasteiger partial charge in [-0.1, -0.05) is 30.3 Å². The second-order valence-electron chi connectivity index (χ2n) is 2.65. The van der Waals surface area contributed by atoms with Gasteiger partial charge in [-0.25, -0.2) is 10.7 Å². The van der Waals surface area contributed by atoms with E-state index >= 15 is 0 Å². The van der Waals surface area contributed by atoms with Crippen LogP contribution in [-0.4, -0.2) is 17.2 Å². The SMILES string of the molecule is Cl.NOC(Cc1ccccc1)C(=O)O. The fourth-order valence-electron chi connectivity index (χ4n) is 1.02. The normalized spacial score (nSPS) is 11.5. The van der Waals surface area contributed by atoms with Crippen LogP contribution in [0.25, 0.3) is 0 Å². The highest BCUT2D eigenvalue weighted by Gasteiger charge is 2.17. The Morgan fingerprint density at radius 1 is 1.43 bits per heavy atom. The van der Waals surface area contributed by atoms with E-state index < -0.39 is 12.1 Å². The molecule has 78 valence electrons. The van der Waals surface area contributed by atoms with Gasteiger partial charge in [0.2, 0.25) is 0 Å². The topological polar surface area (TPSA) is 72.5 Å². The van der Waals surface area contributed by atoms with Crippen LogP contribution >= 0.6 is 12.4 Å². The maximum absolute atomic E-state index is 10.5. The molecule has 0 aliphatic carbocycles. The molecule has 1 aromatic rings. The van der Waals surface area contributed by atoms with Gasteiger partial charge in [0.15, 0.2) is 6.10 Å². The molecule has 0 saturated carbocycles. The molecule has 4 nitrogen and oxygen atoms in total. The van der Waals surface area contributed by atoms with Crippen molar-refractivity contribution in [3.05, 3.63) is 35.9 Å². The molecule has 14 heavy (non-hydrogen) atoms. The van der Waals surface area contributed by atoms with Crippen LogP contribution in [-0.2, 0) is 16.1 Å². The van der Waals surface area contributed by atoms with Crippen molar-refractivity contribution in [1.29, 1.82) is 0 Å². The highest BCUT2D eigenvalue weighted by molar-refractivity contribution is 5.85. The first kappa shape index (κ1) is 12.9. The van der Waals surface area contributed by atoms with Gasteiger partial charge in [0, 0.05) is 6.42 Å². The van der Waals surface area contributed by atoms with E-state index in [-0.39, 0.29) is 18.8 Å². The number of carboxylic acid groups (broad SMARTS) is 1. The highest BCUT2D eigenvalue weighted by Crippen LogP contribution is 2.04. The van der Waals surface area contributed by atoms with Crippen molar-refractivity contribution >= 4 is 18.4 Å². The van der Waals surface area contributed by atoms with E-state index in [0.717, 1.165) is 5.56 Å².